The predicted molar refractivity (Wildman–Crippen MR) is 95.8 cm³/mol. The second-order valence-electron chi connectivity index (χ2n) is 6.86. The lowest BCUT2D eigenvalue weighted by atomic mass is 9.80. The van der Waals surface area contributed by atoms with Crippen molar-refractivity contribution in [2.75, 3.05) is 0 Å². The predicted octanol–water partition coefficient (Wildman–Crippen LogP) is 3.56. The largest absolute Gasteiger partial charge is 0.348 e. The molecule has 0 aliphatic heterocycles. The van der Waals surface area contributed by atoms with Crippen LogP contribution >= 0.6 is 0 Å². The van der Waals surface area contributed by atoms with Gasteiger partial charge in [0.2, 0.25) is 5.91 Å². The first kappa shape index (κ1) is 19.9. The molecule has 1 rings (SSSR count). The summed E-state index contributed by atoms with van der Waals surface area (Å²) in [6.45, 7) is 9.19. The number of allylic oxidation sites excluding steroid dienone is 2. The Morgan fingerprint density at radius 3 is 2.43 bits per heavy atom. The van der Waals surface area contributed by atoms with Crippen molar-refractivity contribution in [3.63, 3.8) is 0 Å². The monoisotopic (exact) mass is 341 g/mol. The molecule has 1 amide bonds. The van der Waals surface area contributed by atoms with Crippen LogP contribution < -0.4 is 5.32 Å². The van der Waals surface area contributed by atoms with Crippen molar-refractivity contribution in [1.29, 1.82) is 0 Å². The third-order valence-electron chi connectivity index (χ3n) is 4.64. The number of nitrogens with one attached hydrogen (secondary N) is 1. The zero-order chi connectivity index (χ0) is 17.4. The Bertz CT molecular complexity index is 506. The van der Waals surface area contributed by atoms with E-state index in [9.17, 15) is 13.2 Å². The van der Waals surface area contributed by atoms with Crippen molar-refractivity contribution in [3.8, 4) is 0 Å². The second-order valence-corrected chi connectivity index (χ2v) is 7.85. The molecule has 1 aliphatic carbocycles. The normalized spacial score (nSPS) is 17.2. The molecule has 4 nitrogen and oxygen atoms in total. The number of carbonyl (C=O) groups is 1. The third kappa shape index (κ3) is 6.50. The first-order valence-corrected chi connectivity index (χ1v) is 9.77. The van der Waals surface area contributed by atoms with E-state index < -0.39 is 10.7 Å². The molecule has 2 atom stereocenters. The van der Waals surface area contributed by atoms with Gasteiger partial charge in [-0.2, -0.15) is 0 Å². The van der Waals surface area contributed by atoms with Gasteiger partial charge >= 0.3 is 0 Å². The molecule has 0 aromatic carbocycles. The van der Waals surface area contributed by atoms with Gasteiger partial charge in [-0.1, -0.05) is 37.8 Å². The molecule has 0 radical (unpaired) electrons. The van der Waals surface area contributed by atoms with Gasteiger partial charge in [-0.15, -0.1) is 6.58 Å². The highest BCUT2D eigenvalue weighted by Gasteiger charge is 2.28. The highest BCUT2D eigenvalue weighted by molar-refractivity contribution is 7.76. The van der Waals surface area contributed by atoms with Gasteiger partial charge in [0.25, 0.3) is 0 Å². The number of rotatable bonds is 10. The fourth-order valence-electron chi connectivity index (χ4n) is 2.97. The van der Waals surface area contributed by atoms with Gasteiger partial charge in [-0.25, -0.2) is 8.42 Å². The molecule has 0 saturated heterocycles. The van der Waals surface area contributed by atoms with Crippen molar-refractivity contribution in [1.82, 2.24) is 5.32 Å². The van der Waals surface area contributed by atoms with Gasteiger partial charge in [-0.3, -0.25) is 4.79 Å². The average Bonchev–Trinajstić information content (AvgIpc) is 2.41. The van der Waals surface area contributed by atoms with Gasteiger partial charge in [0.05, 0.1) is 10.9 Å². The van der Waals surface area contributed by atoms with Gasteiger partial charge in [0.15, 0.2) is 10.7 Å². The van der Waals surface area contributed by atoms with Crippen LogP contribution in [-0.2, 0) is 15.5 Å². The summed E-state index contributed by atoms with van der Waals surface area (Å²) in [5, 5.41) is 3.00. The molecule has 2 unspecified atom stereocenters. The molecule has 0 spiro atoms. The van der Waals surface area contributed by atoms with Crippen LogP contribution in [0.3, 0.4) is 0 Å². The Morgan fingerprint density at radius 1 is 1.35 bits per heavy atom. The Kier molecular flexibility index (Phi) is 8.59. The van der Waals surface area contributed by atoms with Crippen LogP contribution in [0.25, 0.3) is 0 Å². The number of amides is 1. The topological polar surface area (TPSA) is 63.2 Å². The van der Waals surface area contributed by atoms with E-state index >= 15 is 0 Å². The number of thiol groups is 1. The maximum Gasteiger partial charge on any atom is 0.223 e. The summed E-state index contributed by atoms with van der Waals surface area (Å²) < 4.78 is 23.3. The first-order valence-electron chi connectivity index (χ1n) is 8.59. The van der Waals surface area contributed by atoms with Crippen molar-refractivity contribution in [3.05, 3.63) is 23.1 Å². The smallest absolute Gasteiger partial charge is 0.223 e. The zero-order valence-corrected chi connectivity index (χ0v) is 15.5. The lowest BCUT2D eigenvalue weighted by Crippen LogP contribution is -2.41. The van der Waals surface area contributed by atoms with Crippen LogP contribution in [0.15, 0.2) is 23.1 Å². The van der Waals surface area contributed by atoms with Gasteiger partial charge in [0, 0.05) is 5.92 Å². The summed E-state index contributed by atoms with van der Waals surface area (Å²) in [5.41, 5.74) is 0.769. The second kappa shape index (κ2) is 9.91. The zero-order valence-electron chi connectivity index (χ0n) is 14.6. The maximum atomic E-state index is 12.4. The number of unbranched alkanes of at least 4 members (excludes halogenated alkanes) is 1. The van der Waals surface area contributed by atoms with Gasteiger partial charge in [-0.05, 0) is 45.4 Å². The number of hydrogen-bond donors (Lipinski definition) is 2. The summed E-state index contributed by atoms with van der Waals surface area (Å²) in [6.07, 6.45) is 8.67. The van der Waals surface area contributed by atoms with Gasteiger partial charge < -0.3 is 5.32 Å². The molecule has 1 saturated carbocycles. The summed E-state index contributed by atoms with van der Waals surface area (Å²) in [5.74, 6) is 0.372. The molecule has 23 heavy (non-hydrogen) atoms. The molecular weight excluding hydrogens is 310 g/mol. The highest BCUT2D eigenvalue weighted by atomic mass is 32.2. The Morgan fingerprint density at radius 2 is 2.00 bits per heavy atom. The third-order valence-corrected chi connectivity index (χ3v) is 5.79. The molecule has 1 N–H and O–H groups in total. The average molecular weight is 342 g/mol. The van der Waals surface area contributed by atoms with E-state index in [1.165, 1.54) is 6.42 Å². The van der Waals surface area contributed by atoms with Crippen LogP contribution in [0.2, 0.25) is 0 Å². The highest BCUT2D eigenvalue weighted by Crippen LogP contribution is 2.32. The van der Waals surface area contributed by atoms with Crippen molar-refractivity contribution in [2.24, 2.45) is 11.8 Å². The van der Waals surface area contributed by atoms with Crippen LogP contribution in [0.1, 0.15) is 65.7 Å². The van der Waals surface area contributed by atoms with E-state index in [2.05, 4.69) is 11.9 Å². The van der Waals surface area contributed by atoms with Crippen molar-refractivity contribution >= 4 is 16.6 Å². The van der Waals surface area contributed by atoms with E-state index in [4.69, 9.17) is 0 Å². The molecular formula is C18H31NO3S. The molecule has 1 aliphatic rings. The fraction of sp³-hybridized carbons (Fsp3) is 0.722. The SMILES string of the molecule is C=CCCCC(C)C(=O)NC(CC1CCC1)C(=C(C)C)[SH](=O)=O. The van der Waals surface area contributed by atoms with E-state index in [0.29, 0.717) is 10.8 Å². The molecule has 1 fully saturated rings. The Labute approximate surface area is 142 Å². The van der Waals surface area contributed by atoms with Crippen molar-refractivity contribution in [2.45, 2.75) is 71.8 Å². The summed E-state index contributed by atoms with van der Waals surface area (Å²) in [7, 11) is -2.67. The molecule has 0 bridgehead atoms. The van der Waals surface area contributed by atoms with Crippen LogP contribution in [0.4, 0.5) is 0 Å². The molecule has 0 heterocycles. The minimum Gasteiger partial charge on any atom is -0.348 e. The minimum atomic E-state index is -2.67. The Balaban J connectivity index is 2.77. The standard InChI is InChI=1S/C18H31NO3S/c1-5-6-7-9-14(4)18(20)19-16(12-15-10-8-11-15)17(13(2)3)23(21)22/h5,14-16,23H,1,6-12H2,2-4H3,(H,19,20). The number of carbonyl (C=O) groups excluding carboxylic acids is 1. The van der Waals surface area contributed by atoms with E-state index in [1.807, 2.05) is 13.0 Å². The van der Waals surface area contributed by atoms with Crippen molar-refractivity contribution < 1.29 is 13.2 Å². The number of hydrogen-bond acceptors (Lipinski definition) is 3. The van der Waals surface area contributed by atoms with Gasteiger partial charge in [0.1, 0.15) is 0 Å². The van der Waals surface area contributed by atoms with E-state index in [0.717, 1.165) is 44.1 Å². The first-order chi connectivity index (χ1) is 10.9. The van der Waals surface area contributed by atoms with E-state index in [-0.39, 0.29) is 17.9 Å². The lowest BCUT2D eigenvalue weighted by molar-refractivity contribution is -0.125. The molecule has 5 heteroatoms. The summed E-state index contributed by atoms with van der Waals surface area (Å²) in [6, 6.07) is -0.374. The Hall–Kier alpha value is -1.10. The van der Waals surface area contributed by atoms with Crippen LogP contribution in [0, 0.1) is 11.8 Å². The van der Waals surface area contributed by atoms with Crippen LogP contribution in [0.5, 0.6) is 0 Å². The quantitative estimate of drug-likeness (QED) is 0.363. The minimum absolute atomic E-state index is 0.0472. The molecule has 132 valence electrons. The summed E-state index contributed by atoms with van der Waals surface area (Å²) >= 11 is 0. The van der Waals surface area contributed by atoms with E-state index in [1.54, 1.807) is 13.8 Å². The fourth-order valence-corrected chi connectivity index (χ4v) is 3.76. The molecule has 0 aromatic heterocycles. The van der Waals surface area contributed by atoms with Crippen LogP contribution in [-0.4, -0.2) is 20.4 Å². The summed E-state index contributed by atoms with van der Waals surface area (Å²) in [4.78, 5) is 12.8. The lowest BCUT2D eigenvalue weighted by Gasteiger charge is -2.31. The maximum absolute atomic E-state index is 12.4. The molecule has 0 aromatic rings.